The van der Waals surface area contributed by atoms with E-state index in [1.807, 2.05) is 6.07 Å². The lowest BCUT2D eigenvalue weighted by molar-refractivity contribution is -0.0381. The first-order valence-corrected chi connectivity index (χ1v) is 9.09. The second kappa shape index (κ2) is 4.69. The third-order valence-corrected chi connectivity index (χ3v) is 7.42. The summed E-state index contributed by atoms with van der Waals surface area (Å²) in [6, 6.07) is 6.35. The van der Waals surface area contributed by atoms with Crippen LogP contribution in [0.5, 0.6) is 0 Å². The molecule has 2 N–H and O–H groups in total. The SMILES string of the molecule is Cc1ccc(N)cc1SCC12CC3CC(CC(C3)C1)C2. The van der Waals surface area contributed by atoms with Crippen LogP contribution in [-0.4, -0.2) is 5.75 Å². The van der Waals surface area contributed by atoms with Crippen molar-refractivity contribution < 1.29 is 0 Å². The average molecular weight is 287 g/mol. The summed E-state index contributed by atoms with van der Waals surface area (Å²) < 4.78 is 0. The van der Waals surface area contributed by atoms with Crippen LogP contribution < -0.4 is 5.73 Å². The molecule has 0 radical (unpaired) electrons. The van der Waals surface area contributed by atoms with Crippen molar-refractivity contribution in [1.29, 1.82) is 0 Å². The Labute approximate surface area is 126 Å². The van der Waals surface area contributed by atoms with Crippen molar-refractivity contribution in [2.75, 3.05) is 11.5 Å². The zero-order valence-corrected chi connectivity index (χ0v) is 13.2. The van der Waals surface area contributed by atoms with Crippen LogP contribution in [0, 0.1) is 30.1 Å². The van der Waals surface area contributed by atoms with E-state index in [0.717, 1.165) is 23.4 Å². The molecule has 4 saturated carbocycles. The molecule has 0 aromatic heterocycles. The number of nitrogen functional groups attached to an aromatic ring is 1. The molecule has 4 aliphatic rings. The van der Waals surface area contributed by atoms with Crippen molar-refractivity contribution in [2.45, 2.75) is 50.3 Å². The molecule has 1 aromatic rings. The largest absolute Gasteiger partial charge is 0.399 e. The Bertz CT molecular complexity index is 487. The molecule has 1 nitrogen and oxygen atoms in total. The van der Waals surface area contributed by atoms with E-state index in [0.29, 0.717) is 5.41 Å². The van der Waals surface area contributed by atoms with E-state index in [1.165, 1.54) is 35.5 Å². The van der Waals surface area contributed by atoms with E-state index in [-0.39, 0.29) is 0 Å². The maximum Gasteiger partial charge on any atom is 0.0325 e. The molecule has 4 fully saturated rings. The lowest BCUT2D eigenvalue weighted by Gasteiger charge is -2.56. The van der Waals surface area contributed by atoms with Gasteiger partial charge < -0.3 is 5.73 Å². The fraction of sp³-hybridized carbons (Fsp3) is 0.667. The fourth-order valence-electron chi connectivity index (χ4n) is 5.47. The minimum Gasteiger partial charge on any atom is -0.399 e. The third-order valence-electron chi connectivity index (χ3n) is 5.91. The molecule has 0 heterocycles. The normalized spacial score (nSPS) is 38.4. The van der Waals surface area contributed by atoms with Gasteiger partial charge in [-0.15, -0.1) is 11.8 Å². The second-order valence-electron chi connectivity index (χ2n) is 7.73. The molecule has 1 aromatic carbocycles. The first-order chi connectivity index (χ1) is 9.62. The topological polar surface area (TPSA) is 26.0 Å². The van der Waals surface area contributed by atoms with Crippen molar-refractivity contribution in [1.82, 2.24) is 0 Å². The molecule has 0 aliphatic heterocycles. The average Bonchev–Trinajstić information content (AvgIpc) is 2.38. The van der Waals surface area contributed by atoms with Crippen molar-refractivity contribution in [3.05, 3.63) is 23.8 Å². The Morgan fingerprint density at radius 2 is 1.70 bits per heavy atom. The Balaban J connectivity index is 1.50. The molecule has 2 heteroatoms. The van der Waals surface area contributed by atoms with Crippen LogP contribution in [0.15, 0.2) is 23.1 Å². The van der Waals surface area contributed by atoms with E-state index in [2.05, 4.69) is 30.8 Å². The van der Waals surface area contributed by atoms with Crippen LogP contribution in [0.2, 0.25) is 0 Å². The zero-order chi connectivity index (χ0) is 13.7. The number of anilines is 1. The van der Waals surface area contributed by atoms with Crippen molar-refractivity contribution in [3.8, 4) is 0 Å². The summed E-state index contributed by atoms with van der Waals surface area (Å²) in [5, 5.41) is 0. The van der Waals surface area contributed by atoms with Crippen LogP contribution in [0.4, 0.5) is 5.69 Å². The minimum atomic E-state index is 0.663. The van der Waals surface area contributed by atoms with Crippen LogP contribution in [-0.2, 0) is 0 Å². The predicted molar refractivity (Wildman–Crippen MR) is 86.9 cm³/mol. The molecule has 0 unspecified atom stereocenters. The Morgan fingerprint density at radius 1 is 1.10 bits per heavy atom. The van der Waals surface area contributed by atoms with Gasteiger partial charge in [0.05, 0.1) is 0 Å². The molecule has 20 heavy (non-hydrogen) atoms. The van der Waals surface area contributed by atoms with Gasteiger partial charge in [-0.3, -0.25) is 0 Å². The summed E-state index contributed by atoms with van der Waals surface area (Å²) in [7, 11) is 0. The number of thioether (sulfide) groups is 1. The van der Waals surface area contributed by atoms with Gasteiger partial charge in [0.15, 0.2) is 0 Å². The highest BCUT2D eigenvalue weighted by Crippen LogP contribution is 2.61. The fourth-order valence-corrected chi connectivity index (χ4v) is 6.80. The number of hydrogen-bond donors (Lipinski definition) is 1. The van der Waals surface area contributed by atoms with Crippen molar-refractivity contribution >= 4 is 17.4 Å². The van der Waals surface area contributed by atoms with Crippen LogP contribution >= 0.6 is 11.8 Å². The van der Waals surface area contributed by atoms with Crippen LogP contribution in [0.3, 0.4) is 0 Å². The number of hydrogen-bond acceptors (Lipinski definition) is 2. The molecule has 108 valence electrons. The molecule has 5 rings (SSSR count). The molecule has 4 bridgehead atoms. The number of benzene rings is 1. The predicted octanol–water partition coefficient (Wildman–Crippen LogP) is 4.89. The third kappa shape index (κ3) is 2.26. The van der Waals surface area contributed by atoms with Gasteiger partial charge in [-0.2, -0.15) is 0 Å². The molecule has 0 spiro atoms. The van der Waals surface area contributed by atoms with Gasteiger partial charge in [0.1, 0.15) is 0 Å². The van der Waals surface area contributed by atoms with E-state index in [9.17, 15) is 0 Å². The van der Waals surface area contributed by atoms with E-state index in [4.69, 9.17) is 5.73 Å². The summed E-state index contributed by atoms with van der Waals surface area (Å²) in [4.78, 5) is 1.40. The van der Waals surface area contributed by atoms with Gasteiger partial charge in [0, 0.05) is 16.3 Å². The summed E-state index contributed by atoms with van der Waals surface area (Å²) in [6.45, 7) is 2.21. The zero-order valence-electron chi connectivity index (χ0n) is 12.4. The molecule has 4 aliphatic carbocycles. The Morgan fingerprint density at radius 3 is 2.30 bits per heavy atom. The highest BCUT2D eigenvalue weighted by atomic mass is 32.2. The Kier molecular flexibility index (Phi) is 3.06. The molecular weight excluding hydrogens is 262 g/mol. The van der Waals surface area contributed by atoms with Gasteiger partial charge >= 0.3 is 0 Å². The quantitative estimate of drug-likeness (QED) is 0.633. The number of rotatable bonds is 3. The lowest BCUT2D eigenvalue weighted by atomic mass is 9.50. The summed E-state index contributed by atoms with van der Waals surface area (Å²) in [5.41, 5.74) is 8.90. The first-order valence-electron chi connectivity index (χ1n) is 8.11. The number of aryl methyl sites for hydroxylation is 1. The van der Waals surface area contributed by atoms with Crippen LogP contribution in [0.1, 0.15) is 44.1 Å². The molecule has 0 amide bonds. The monoisotopic (exact) mass is 287 g/mol. The molecule has 0 atom stereocenters. The van der Waals surface area contributed by atoms with Crippen molar-refractivity contribution in [2.24, 2.45) is 23.2 Å². The van der Waals surface area contributed by atoms with Crippen molar-refractivity contribution in [3.63, 3.8) is 0 Å². The van der Waals surface area contributed by atoms with E-state index < -0.39 is 0 Å². The van der Waals surface area contributed by atoms with E-state index in [1.54, 1.807) is 19.3 Å². The highest BCUT2D eigenvalue weighted by Gasteiger charge is 2.50. The smallest absolute Gasteiger partial charge is 0.0325 e. The Hall–Kier alpha value is -0.630. The van der Waals surface area contributed by atoms with Gasteiger partial charge in [-0.25, -0.2) is 0 Å². The molecule has 0 saturated heterocycles. The highest BCUT2D eigenvalue weighted by molar-refractivity contribution is 7.99. The maximum atomic E-state index is 5.95. The van der Waals surface area contributed by atoms with Crippen LogP contribution in [0.25, 0.3) is 0 Å². The summed E-state index contributed by atoms with van der Waals surface area (Å²) >= 11 is 2.07. The van der Waals surface area contributed by atoms with Gasteiger partial charge in [-0.1, -0.05) is 6.07 Å². The minimum absolute atomic E-state index is 0.663. The lowest BCUT2D eigenvalue weighted by Crippen LogP contribution is -2.47. The van der Waals surface area contributed by atoms with Gasteiger partial charge in [0.25, 0.3) is 0 Å². The number of nitrogens with two attached hydrogens (primary N) is 1. The van der Waals surface area contributed by atoms with E-state index >= 15 is 0 Å². The molecular formula is C18H25NS. The summed E-state index contributed by atoms with van der Waals surface area (Å²) in [6.07, 6.45) is 9.15. The maximum absolute atomic E-state index is 5.95. The standard InChI is InChI=1S/C18H25NS/c1-12-2-3-16(19)7-17(12)20-11-18-8-13-4-14(9-18)6-15(5-13)10-18/h2-3,7,13-15H,4-6,8-11,19H2,1H3. The second-order valence-corrected chi connectivity index (χ2v) is 8.75. The van der Waals surface area contributed by atoms with Gasteiger partial charge in [-0.05, 0) is 86.3 Å². The summed E-state index contributed by atoms with van der Waals surface area (Å²) in [5.74, 6) is 4.50. The van der Waals surface area contributed by atoms with Gasteiger partial charge in [0.2, 0.25) is 0 Å². The first kappa shape index (κ1) is 13.1.